The van der Waals surface area contributed by atoms with Crippen molar-refractivity contribution in [2.45, 2.75) is 30.7 Å². The quantitative estimate of drug-likeness (QED) is 0.607. The van der Waals surface area contributed by atoms with Crippen LogP contribution in [0.4, 0.5) is 5.82 Å². The zero-order chi connectivity index (χ0) is 22.1. The number of sulfonamides is 1. The summed E-state index contributed by atoms with van der Waals surface area (Å²) in [4.78, 5) is 16.2. The molecule has 2 aliphatic heterocycles. The van der Waals surface area contributed by atoms with E-state index in [1.165, 1.54) is 16.4 Å². The maximum absolute atomic E-state index is 13.3. The van der Waals surface area contributed by atoms with Crippen LogP contribution >= 0.6 is 0 Å². The molecule has 9 heteroatoms. The molecule has 32 heavy (non-hydrogen) atoms. The van der Waals surface area contributed by atoms with Gasteiger partial charge >= 0.3 is 0 Å². The Bertz CT molecular complexity index is 1300. The van der Waals surface area contributed by atoms with Gasteiger partial charge in [0.05, 0.1) is 22.2 Å². The molecule has 162 valence electrons. The molecule has 0 N–H and O–H groups in total. The monoisotopic (exact) mass is 446 g/mol. The second-order valence-corrected chi connectivity index (χ2v) is 9.90. The molecule has 2 aliphatic rings. The molecular formula is C23H22N6O2S. The predicted molar refractivity (Wildman–Crippen MR) is 119 cm³/mol. The first-order chi connectivity index (χ1) is 15.6. The van der Waals surface area contributed by atoms with Crippen molar-refractivity contribution < 1.29 is 8.42 Å². The highest BCUT2D eigenvalue weighted by molar-refractivity contribution is 7.89. The van der Waals surface area contributed by atoms with E-state index >= 15 is 0 Å². The van der Waals surface area contributed by atoms with Crippen LogP contribution in [-0.2, 0) is 23.0 Å². The average Bonchev–Trinajstić information content (AvgIpc) is 3.38. The van der Waals surface area contributed by atoms with Gasteiger partial charge in [-0.25, -0.2) is 18.4 Å². The van der Waals surface area contributed by atoms with E-state index in [4.69, 9.17) is 15.2 Å². The number of rotatable bonds is 4. The van der Waals surface area contributed by atoms with Gasteiger partial charge < -0.3 is 4.90 Å². The van der Waals surface area contributed by atoms with Gasteiger partial charge in [0, 0.05) is 56.1 Å². The molecule has 0 spiro atoms. The first kappa shape index (κ1) is 20.5. The maximum Gasteiger partial charge on any atom is 0.243 e. The van der Waals surface area contributed by atoms with Gasteiger partial charge in [-0.1, -0.05) is 6.07 Å². The fourth-order valence-electron chi connectivity index (χ4n) is 4.27. The summed E-state index contributed by atoms with van der Waals surface area (Å²) >= 11 is 0. The molecule has 1 saturated heterocycles. The van der Waals surface area contributed by atoms with E-state index in [2.05, 4.69) is 9.88 Å². The second-order valence-electron chi connectivity index (χ2n) is 7.96. The summed E-state index contributed by atoms with van der Waals surface area (Å²) in [6, 6.07) is 12.0. The van der Waals surface area contributed by atoms with E-state index in [1.54, 1.807) is 24.5 Å². The Morgan fingerprint density at radius 3 is 2.62 bits per heavy atom. The second kappa shape index (κ2) is 8.30. The highest BCUT2D eigenvalue weighted by atomic mass is 32.2. The van der Waals surface area contributed by atoms with Gasteiger partial charge in [0.25, 0.3) is 0 Å². The molecule has 1 aromatic carbocycles. The average molecular weight is 447 g/mol. The zero-order valence-electron chi connectivity index (χ0n) is 17.5. The van der Waals surface area contributed by atoms with E-state index in [0.29, 0.717) is 24.4 Å². The van der Waals surface area contributed by atoms with Crippen molar-refractivity contribution in [3.05, 3.63) is 65.6 Å². The third-order valence-corrected chi connectivity index (χ3v) is 7.77. The van der Waals surface area contributed by atoms with Crippen molar-refractivity contribution in [1.29, 1.82) is 5.26 Å². The minimum atomic E-state index is -3.74. The van der Waals surface area contributed by atoms with Crippen molar-refractivity contribution in [3.8, 4) is 17.5 Å². The van der Waals surface area contributed by atoms with Crippen LogP contribution in [0.3, 0.4) is 0 Å². The predicted octanol–water partition coefficient (Wildman–Crippen LogP) is 2.76. The van der Waals surface area contributed by atoms with Crippen molar-refractivity contribution in [3.63, 3.8) is 0 Å². The van der Waals surface area contributed by atoms with Crippen LogP contribution < -0.4 is 4.90 Å². The number of hydrogen-bond donors (Lipinski definition) is 0. The highest BCUT2D eigenvalue weighted by Crippen LogP contribution is 2.33. The van der Waals surface area contributed by atoms with Gasteiger partial charge in [-0.3, -0.25) is 4.98 Å². The SMILES string of the molecule is N#Cc1cccc(S(=O)(=O)N2CCc3nc(-c4cccnc4)nc(N4CCCC4)c3C2)c1. The van der Waals surface area contributed by atoms with Gasteiger partial charge in [-0.15, -0.1) is 0 Å². The molecule has 0 radical (unpaired) electrons. The van der Waals surface area contributed by atoms with Gasteiger partial charge in [-0.05, 0) is 43.2 Å². The summed E-state index contributed by atoms with van der Waals surface area (Å²) in [6.07, 6.45) is 6.14. The summed E-state index contributed by atoms with van der Waals surface area (Å²) in [6.45, 7) is 2.34. The van der Waals surface area contributed by atoms with Gasteiger partial charge in [0.15, 0.2) is 5.82 Å². The Balaban J connectivity index is 1.55. The lowest BCUT2D eigenvalue weighted by Crippen LogP contribution is -2.38. The van der Waals surface area contributed by atoms with Gasteiger partial charge in [0.1, 0.15) is 5.82 Å². The Hall–Kier alpha value is -3.35. The van der Waals surface area contributed by atoms with E-state index in [9.17, 15) is 8.42 Å². The number of aromatic nitrogens is 3. The molecule has 3 aromatic rings. The largest absolute Gasteiger partial charge is 0.356 e. The van der Waals surface area contributed by atoms with Crippen LogP contribution in [0.25, 0.3) is 11.4 Å². The fourth-order valence-corrected chi connectivity index (χ4v) is 5.72. The molecule has 0 saturated carbocycles. The van der Waals surface area contributed by atoms with Gasteiger partial charge in [0.2, 0.25) is 10.0 Å². The molecule has 0 amide bonds. The topological polar surface area (TPSA) is 103 Å². The van der Waals surface area contributed by atoms with Crippen LogP contribution in [0.1, 0.15) is 29.7 Å². The highest BCUT2D eigenvalue weighted by Gasteiger charge is 2.33. The number of nitrogens with zero attached hydrogens (tertiary/aromatic N) is 6. The fraction of sp³-hybridized carbons (Fsp3) is 0.304. The summed E-state index contributed by atoms with van der Waals surface area (Å²) in [5, 5.41) is 9.16. The minimum Gasteiger partial charge on any atom is -0.356 e. The number of hydrogen-bond acceptors (Lipinski definition) is 7. The standard InChI is InChI=1S/C23H22N6O2S/c24-14-17-5-3-7-19(13-17)32(30,31)29-12-8-21-20(16-29)23(28-10-1-2-11-28)27-22(26-21)18-6-4-9-25-15-18/h3-7,9,13,15H,1-2,8,10-12,16H2. The van der Waals surface area contributed by atoms with Crippen LogP contribution in [0, 0.1) is 11.3 Å². The molecule has 0 bridgehead atoms. The first-order valence-corrected chi connectivity index (χ1v) is 12.1. The van der Waals surface area contributed by atoms with E-state index in [1.807, 2.05) is 18.2 Å². The smallest absolute Gasteiger partial charge is 0.243 e. The Kier molecular flexibility index (Phi) is 5.33. The molecule has 0 aliphatic carbocycles. The number of benzene rings is 1. The Morgan fingerprint density at radius 1 is 1.03 bits per heavy atom. The van der Waals surface area contributed by atoms with Gasteiger partial charge in [-0.2, -0.15) is 9.57 Å². The zero-order valence-corrected chi connectivity index (χ0v) is 18.3. The number of anilines is 1. The van der Waals surface area contributed by atoms with E-state index < -0.39 is 10.0 Å². The van der Waals surface area contributed by atoms with Crippen molar-refractivity contribution >= 4 is 15.8 Å². The summed E-state index contributed by atoms with van der Waals surface area (Å²) < 4.78 is 28.2. The molecule has 4 heterocycles. The summed E-state index contributed by atoms with van der Waals surface area (Å²) in [5.74, 6) is 1.44. The molecule has 5 rings (SSSR count). The van der Waals surface area contributed by atoms with Crippen molar-refractivity contribution in [2.75, 3.05) is 24.5 Å². The van der Waals surface area contributed by atoms with Crippen LogP contribution in [0.15, 0.2) is 53.7 Å². The first-order valence-electron chi connectivity index (χ1n) is 10.6. The normalized spacial score (nSPS) is 16.5. The molecule has 1 fully saturated rings. The van der Waals surface area contributed by atoms with Crippen molar-refractivity contribution in [2.24, 2.45) is 0 Å². The lowest BCUT2D eigenvalue weighted by molar-refractivity contribution is 0.387. The maximum atomic E-state index is 13.3. The third kappa shape index (κ3) is 3.72. The molecule has 2 aromatic heterocycles. The molecule has 8 nitrogen and oxygen atoms in total. The summed E-state index contributed by atoms with van der Waals surface area (Å²) in [5.41, 5.74) is 2.92. The van der Waals surface area contributed by atoms with Crippen LogP contribution in [-0.4, -0.2) is 47.3 Å². The molecular weight excluding hydrogens is 424 g/mol. The van der Waals surface area contributed by atoms with Crippen LogP contribution in [0.5, 0.6) is 0 Å². The Labute approximate surface area is 187 Å². The van der Waals surface area contributed by atoms with E-state index in [0.717, 1.165) is 48.6 Å². The number of nitriles is 1. The third-order valence-electron chi connectivity index (χ3n) is 5.93. The summed E-state index contributed by atoms with van der Waals surface area (Å²) in [7, 11) is -3.74. The number of fused-ring (bicyclic) bond motifs is 1. The van der Waals surface area contributed by atoms with E-state index in [-0.39, 0.29) is 11.4 Å². The lowest BCUT2D eigenvalue weighted by atomic mass is 10.1. The lowest BCUT2D eigenvalue weighted by Gasteiger charge is -2.31. The minimum absolute atomic E-state index is 0.135. The van der Waals surface area contributed by atoms with Crippen LogP contribution in [0.2, 0.25) is 0 Å². The molecule has 0 unspecified atom stereocenters. The molecule has 0 atom stereocenters. The van der Waals surface area contributed by atoms with Crippen molar-refractivity contribution in [1.82, 2.24) is 19.3 Å². The number of pyridine rings is 1. The Morgan fingerprint density at radius 2 is 1.88 bits per heavy atom.